The van der Waals surface area contributed by atoms with E-state index in [1.807, 2.05) is 12.1 Å². The molecule has 0 saturated carbocycles. The van der Waals surface area contributed by atoms with Crippen molar-refractivity contribution in [3.05, 3.63) is 30.4 Å². The molecular weight excluding hydrogens is 120 g/mol. The van der Waals surface area contributed by atoms with Crippen LogP contribution in [-0.4, -0.2) is 0 Å². The van der Waals surface area contributed by atoms with Crippen LogP contribution < -0.4 is 0 Å². The van der Waals surface area contributed by atoms with Gasteiger partial charge in [-0.05, 0) is 17.5 Å². The molecule has 0 N–H and O–H groups in total. The molecule has 1 aromatic rings. The Hall–Kier alpha value is -0.630. The molecule has 0 aliphatic carbocycles. The van der Waals surface area contributed by atoms with Crippen LogP contribution in [0.5, 0.6) is 0 Å². The van der Waals surface area contributed by atoms with Crippen molar-refractivity contribution in [2.75, 3.05) is 0 Å². The Labute approximate surface area is 52.4 Å². The third kappa shape index (κ3) is 1.17. The lowest BCUT2D eigenvalue weighted by atomic mass is 10.7. The lowest BCUT2D eigenvalue weighted by molar-refractivity contribution is 0.475. The van der Waals surface area contributed by atoms with E-state index in [9.17, 15) is 0 Å². The van der Waals surface area contributed by atoms with Crippen molar-refractivity contribution in [1.29, 1.82) is 0 Å². The zero-order chi connectivity index (χ0) is 5.82. The first-order valence-electron chi connectivity index (χ1n) is 2.24. The van der Waals surface area contributed by atoms with Gasteiger partial charge in [-0.2, -0.15) is 0 Å². The van der Waals surface area contributed by atoms with Crippen LogP contribution in [0, 0.1) is 0 Å². The summed E-state index contributed by atoms with van der Waals surface area (Å²) in [6, 6.07) is 3.75. The molecule has 1 nitrogen and oxygen atoms in total. The molecular formula is C6H6OS. The van der Waals surface area contributed by atoms with Crippen molar-refractivity contribution in [3.63, 3.8) is 0 Å². The highest BCUT2D eigenvalue weighted by molar-refractivity contribution is 8.02. The number of rotatable bonds is 2. The number of hydrogen-bond donors (Lipinski definition) is 0. The number of hydrogen-bond acceptors (Lipinski definition) is 2. The van der Waals surface area contributed by atoms with Gasteiger partial charge in [0.25, 0.3) is 0 Å². The minimum atomic E-state index is 0.889. The highest BCUT2D eigenvalue weighted by Crippen LogP contribution is 2.17. The molecule has 0 spiro atoms. The largest absolute Gasteiger partial charge is 0.458 e. The highest BCUT2D eigenvalue weighted by Gasteiger charge is 1.87. The first-order valence-corrected chi connectivity index (χ1v) is 3.12. The Balaban J connectivity index is 2.62. The van der Waals surface area contributed by atoms with E-state index in [4.69, 9.17) is 4.42 Å². The quantitative estimate of drug-likeness (QED) is 0.565. The van der Waals surface area contributed by atoms with Crippen LogP contribution in [0.1, 0.15) is 0 Å². The molecule has 0 fully saturated rings. The van der Waals surface area contributed by atoms with Crippen LogP contribution >= 0.6 is 11.8 Å². The monoisotopic (exact) mass is 126 g/mol. The van der Waals surface area contributed by atoms with E-state index in [1.165, 1.54) is 11.8 Å². The van der Waals surface area contributed by atoms with Gasteiger partial charge < -0.3 is 4.42 Å². The van der Waals surface area contributed by atoms with Crippen LogP contribution in [0.25, 0.3) is 0 Å². The van der Waals surface area contributed by atoms with Gasteiger partial charge in [0.1, 0.15) is 0 Å². The summed E-state index contributed by atoms with van der Waals surface area (Å²) in [5, 5.41) is 2.62. The summed E-state index contributed by atoms with van der Waals surface area (Å²) >= 11 is 1.48. The maximum atomic E-state index is 4.97. The summed E-state index contributed by atoms with van der Waals surface area (Å²) in [7, 11) is 0. The second kappa shape index (κ2) is 2.62. The van der Waals surface area contributed by atoms with Crippen LogP contribution in [0.3, 0.4) is 0 Å². The molecule has 2 heteroatoms. The Morgan fingerprint density at radius 2 is 2.62 bits per heavy atom. The van der Waals surface area contributed by atoms with Crippen molar-refractivity contribution >= 4 is 11.8 Å². The molecule has 0 aliphatic rings. The van der Waals surface area contributed by atoms with Gasteiger partial charge in [0.05, 0.1) is 6.26 Å². The second-order valence-electron chi connectivity index (χ2n) is 1.22. The fourth-order valence-corrected chi connectivity index (χ4v) is 0.845. The molecule has 0 aromatic carbocycles. The minimum Gasteiger partial charge on any atom is -0.458 e. The molecule has 1 aromatic heterocycles. The molecule has 0 amide bonds. The third-order valence-corrected chi connectivity index (χ3v) is 1.33. The normalized spacial score (nSPS) is 9.00. The number of furan rings is 1. The zero-order valence-corrected chi connectivity index (χ0v) is 5.15. The third-order valence-electron chi connectivity index (χ3n) is 0.695. The lowest BCUT2D eigenvalue weighted by Gasteiger charge is -1.81. The van der Waals surface area contributed by atoms with Gasteiger partial charge in [-0.25, -0.2) is 0 Å². The minimum absolute atomic E-state index is 0.889. The Morgan fingerprint density at radius 1 is 1.75 bits per heavy atom. The predicted molar refractivity (Wildman–Crippen MR) is 34.8 cm³/mol. The molecule has 42 valence electrons. The molecule has 1 heterocycles. The van der Waals surface area contributed by atoms with E-state index in [1.54, 1.807) is 11.7 Å². The Morgan fingerprint density at radius 3 is 3.12 bits per heavy atom. The average Bonchev–Trinajstić information content (AvgIpc) is 2.19. The first-order chi connectivity index (χ1) is 3.93. The van der Waals surface area contributed by atoms with Crippen molar-refractivity contribution in [2.45, 2.75) is 5.09 Å². The summed E-state index contributed by atoms with van der Waals surface area (Å²) in [5.74, 6) is 0. The average molecular weight is 126 g/mol. The van der Waals surface area contributed by atoms with Crippen molar-refractivity contribution in [2.24, 2.45) is 0 Å². The van der Waals surface area contributed by atoms with Crippen LogP contribution in [-0.2, 0) is 0 Å². The van der Waals surface area contributed by atoms with Gasteiger partial charge in [0.2, 0.25) is 0 Å². The van der Waals surface area contributed by atoms with E-state index in [0.29, 0.717) is 0 Å². The predicted octanol–water partition coefficient (Wildman–Crippen LogP) is 2.52. The van der Waals surface area contributed by atoms with Gasteiger partial charge >= 0.3 is 0 Å². The van der Waals surface area contributed by atoms with E-state index >= 15 is 0 Å². The molecule has 0 radical (unpaired) electrons. The van der Waals surface area contributed by atoms with Crippen molar-refractivity contribution < 1.29 is 4.42 Å². The van der Waals surface area contributed by atoms with Gasteiger partial charge in [0.15, 0.2) is 5.09 Å². The van der Waals surface area contributed by atoms with Crippen molar-refractivity contribution in [3.8, 4) is 0 Å². The van der Waals surface area contributed by atoms with Crippen molar-refractivity contribution in [1.82, 2.24) is 0 Å². The summed E-state index contributed by atoms with van der Waals surface area (Å²) in [6.45, 7) is 3.54. The lowest BCUT2D eigenvalue weighted by Crippen LogP contribution is -1.49. The van der Waals surface area contributed by atoms with Gasteiger partial charge in [-0.1, -0.05) is 18.3 Å². The standard InChI is InChI=1S/C6H6OS/c1-2-8-6-4-3-5-7-6/h2-5H,1H2. The molecule has 8 heavy (non-hydrogen) atoms. The molecule has 0 atom stereocenters. The van der Waals surface area contributed by atoms with E-state index in [2.05, 4.69) is 6.58 Å². The fourth-order valence-electron chi connectivity index (χ4n) is 0.413. The highest BCUT2D eigenvalue weighted by atomic mass is 32.2. The Kier molecular flexibility index (Phi) is 1.80. The van der Waals surface area contributed by atoms with Gasteiger partial charge in [-0.15, -0.1) is 0 Å². The van der Waals surface area contributed by atoms with Gasteiger partial charge in [-0.3, -0.25) is 0 Å². The molecule has 0 aliphatic heterocycles. The zero-order valence-electron chi connectivity index (χ0n) is 4.33. The van der Waals surface area contributed by atoms with Crippen LogP contribution in [0.2, 0.25) is 0 Å². The van der Waals surface area contributed by atoms with E-state index < -0.39 is 0 Å². The smallest absolute Gasteiger partial charge is 0.164 e. The number of thioether (sulfide) groups is 1. The first kappa shape index (κ1) is 5.51. The summed E-state index contributed by atoms with van der Waals surface area (Å²) in [5.41, 5.74) is 0. The molecule has 1 rings (SSSR count). The van der Waals surface area contributed by atoms with E-state index in [0.717, 1.165) is 5.09 Å². The molecule has 0 unspecified atom stereocenters. The fraction of sp³-hybridized carbons (Fsp3) is 0. The maximum absolute atomic E-state index is 4.97. The topological polar surface area (TPSA) is 13.1 Å². The summed E-state index contributed by atoms with van der Waals surface area (Å²) in [4.78, 5) is 0. The van der Waals surface area contributed by atoms with Crippen LogP contribution in [0.15, 0.2) is 39.9 Å². The maximum Gasteiger partial charge on any atom is 0.164 e. The Bertz CT molecular complexity index is 155. The summed E-state index contributed by atoms with van der Waals surface area (Å²) in [6.07, 6.45) is 1.64. The van der Waals surface area contributed by atoms with Crippen LogP contribution in [0.4, 0.5) is 0 Å². The molecule has 0 saturated heterocycles. The summed E-state index contributed by atoms with van der Waals surface area (Å²) < 4.78 is 4.97. The van der Waals surface area contributed by atoms with Gasteiger partial charge in [0, 0.05) is 0 Å². The second-order valence-corrected chi connectivity index (χ2v) is 2.19. The van der Waals surface area contributed by atoms with E-state index in [-0.39, 0.29) is 0 Å². The molecule has 0 bridgehead atoms. The SMILES string of the molecule is C=CSc1ccco1.